The van der Waals surface area contributed by atoms with Gasteiger partial charge < -0.3 is 9.80 Å². The number of nitrogens with two attached hydrogens (primary N) is 1. The van der Waals surface area contributed by atoms with E-state index < -0.39 is 10.0 Å². The van der Waals surface area contributed by atoms with Gasteiger partial charge in [0.05, 0.1) is 10.7 Å². The van der Waals surface area contributed by atoms with E-state index in [-0.39, 0.29) is 4.90 Å². The summed E-state index contributed by atoms with van der Waals surface area (Å²) < 4.78 is 23.7. The zero-order chi connectivity index (χ0) is 19.7. The number of halogens is 1. The van der Waals surface area contributed by atoms with Crippen LogP contribution in [0.15, 0.2) is 53.4 Å². The molecule has 0 radical (unpaired) electrons. The predicted molar refractivity (Wildman–Crippen MR) is 113 cm³/mol. The lowest BCUT2D eigenvalue weighted by Gasteiger charge is -2.36. The smallest absolute Gasteiger partial charge is 0.240 e. The second-order valence-corrected chi connectivity index (χ2v) is 9.25. The van der Waals surface area contributed by atoms with Crippen LogP contribution in [0.2, 0.25) is 5.02 Å². The van der Waals surface area contributed by atoms with E-state index in [1.165, 1.54) is 17.4 Å². The van der Waals surface area contributed by atoms with E-state index in [1.54, 1.807) is 12.1 Å². The third-order valence-corrected chi connectivity index (χ3v) is 6.89. The van der Waals surface area contributed by atoms with Crippen LogP contribution in [0, 0.1) is 0 Å². The number of sulfonamides is 1. The lowest BCUT2D eigenvalue weighted by molar-refractivity contribution is 0.595. The van der Waals surface area contributed by atoms with E-state index in [2.05, 4.69) is 15.1 Å². The molecule has 1 fully saturated rings. The fourth-order valence-corrected chi connectivity index (χ4v) is 5.16. The van der Waals surface area contributed by atoms with Gasteiger partial charge in [0.1, 0.15) is 4.90 Å². The number of benzene rings is 2. The third kappa shape index (κ3) is 3.83. The predicted octanol–water partition coefficient (Wildman–Crippen LogP) is 2.83. The van der Waals surface area contributed by atoms with Crippen LogP contribution in [0.3, 0.4) is 0 Å². The molecule has 1 aliphatic rings. The maximum absolute atomic E-state index is 11.9. The molecule has 0 aliphatic carbocycles. The Kier molecular flexibility index (Phi) is 5.24. The Hall–Kier alpha value is -2.20. The quantitative estimate of drug-likeness (QED) is 0.677. The molecular weight excluding hydrogens is 418 g/mol. The molecule has 4 rings (SSSR count). The van der Waals surface area contributed by atoms with Crippen molar-refractivity contribution in [1.29, 1.82) is 0 Å². The monoisotopic (exact) mass is 435 g/mol. The Morgan fingerprint density at radius 2 is 1.57 bits per heavy atom. The second-order valence-electron chi connectivity index (χ2n) is 6.36. The van der Waals surface area contributed by atoms with Crippen LogP contribution in [0.1, 0.15) is 0 Å². The second kappa shape index (κ2) is 7.67. The molecule has 0 saturated carbocycles. The number of anilines is 2. The normalized spacial score (nSPS) is 15.1. The van der Waals surface area contributed by atoms with Crippen molar-refractivity contribution in [2.24, 2.45) is 5.14 Å². The molecule has 7 nitrogen and oxygen atoms in total. The number of hydrogen-bond donors (Lipinski definition) is 1. The average Bonchev–Trinajstić information content (AvgIpc) is 3.18. The van der Waals surface area contributed by atoms with Crippen LogP contribution < -0.4 is 14.9 Å². The molecule has 1 aliphatic heterocycles. The largest absolute Gasteiger partial charge is 0.367 e. The molecule has 2 aromatic carbocycles. The van der Waals surface area contributed by atoms with Crippen molar-refractivity contribution in [1.82, 2.24) is 10.2 Å². The van der Waals surface area contributed by atoms with Crippen LogP contribution in [0.25, 0.3) is 10.6 Å². The number of nitrogens with zero attached hydrogens (tertiary/aromatic N) is 4. The Bertz CT molecular complexity index is 1090. The van der Waals surface area contributed by atoms with Gasteiger partial charge >= 0.3 is 0 Å². The van der Waals surface area contributed by atoms with Gasteiger partial charge in [-0.1, -0.05) is 53.3 Å². The van der Waals surface area contributed by atoms with Gasteiger partial charge in [-0.3, -0.25) is 0 Å². The standard InChI is InChI=1S/C18H18ClN5O2S2/c19-14-6-2-1-5-13(14)17-21-22-18(27-17)24-11-9-23(10-12-24)15-7-3-4-8-16(15)28(20,25)26/h1-8H,9-12H2,(H2,20,25,26). The van der Waals surface area contributed by atoms with Crippen LogP contribution >= 0.6 is 22.9 Å². The zero-order valence-corrected chi connectivity index (χ0v) is 17.2. The highest BCUT2D eigenvalue weighted by Crippen LogP contribution is 2.34. The Morgan fingerprint density at radius 3 is 2.29 bits per heavy atom. The Labute approximate surface area is 172 Å². The highest BCUT2D eigenvalue weighted by Gasteiger charge is 2.24. The van der Waals surface area contributed by atoms with E-state index >= 15 is 0 Å². The zero-order valence-electron chi connectivity index (χ0n) is 14.8. The van der Waals surface area contributed by atoms with Crippen LogP contribution in [0.4, 0.5) is 10.8 Å². The molecule has 3 aromatic rings. The van der Waals surface area contributed by atoms with Crippen molar-refractivity contribution in [3.05, 3.63) is 53.6 Å². The van der Waals surface area contributed by atoms with Crippen molar-refractivity contribution < 1.29 is 8.42 Å². The third-order valence-electron chi connectivity index (χ3n) is 4.58. The van der Waals surface area contributed by atoms with Crippen molar-refractivity contribution >= 4 is 43.8 Å². The summed E-state index contributed by atoms with van der Waals surface area (Å²) in [6.45, 7) is 2.73. The summed E-state index contributed by atoms with van der Waals surface area (Å²) in [5.74, 6) is 0. The van der Waals surface area contributed by atoms with E-state index in [0.29, 0.717) is 36.9 Å². The van der Waals surface area contributed by atoms with E-state index in [4.69, 9.17) is 16.7 Å². The summed E-state index contributed by atoms with van der Waals surface area (Å²) in [6, 6.07) is 14.4. The van der Waals surface area contributed by atoms with Gasteiger partial charge in [0, 0.05) is 31.7 Å². The molecule has 146 valence electrons. The van der Waals surface area contributed by atoms with Crippen LogP contribution in [-0.4, -0.2) is 44.8 Å². The number of aromatic nitrogens is 2. The Morgan fingerprint density at radius 1 is 0.929 bits per heavy atom. The fourth-order valence-electron chi connectivity index (χ4n) is 3.18. The maximum atomic E-state index is 11.9. The SMILES string of the molecule is NS(=O)(=O)c1ccccc1N1CCN(c2nnc(-c3ccccc3Cl)s2)CC1. The van der Waals surface area contributed by atoms with Crippen LogP contribution in [0.5, 0.6) is 0 Å². The first-order valence-electron chi connectivity index (χ1n) is 8.63. The summed E-state index contributed by atoms with van der Waals surface area (Å²) in [6.07, 6.45) is 0. The minimum atomic E-state index is -3.77. The molecule has 10 heteroatoms. The molecule has 2 heterocycles. The van der Waals surface area contributed by atoms with E-state index in [1.807, 2.05) is 35.2 Å². The molecule has 1 saturated heterocycles. The average molecular weight is 436 g/mol. The molecular formula is C18H18ClN5O2S2. The number of primary sulfonamides is 1. The van der Waals surface area contributed by atoms with E-state index in [0.717, 1.165) is 15.7 Å². The number of hydrogen-bond acceptors (Lipinski definition) is 7. The van der Waals surface area contributed by atoms with Crippen molar-refractivity contribution in [2.75, 3.05) is 36.0 Å². The Balaban J connectivity index is 1.50. The van der Waals surface area contributed by atoms with E-state index in [9.17, 15) is 8.42 Å². The topological polar surface area (TPSA) is 92.4 Å². The van der Waals surface area contributed by atoms with Gasteiger partial charge in [0.2, 0.25) is 15.2 Å². The van der Waals surface area contributed by atoms with Gasteiger partial charge in [-0.15, -0.1) is 10.2 Å². The van der Waals surface area contributed by atoms with Gasteiger partial charge in [-0.25, -0.2) is 13.6 Å². The number of rotatable bonds is 4. The first kappa shape index (κ1) is 19.1. The highest BCUT2D eigenvalue weighted by atomic mass is 35.5. The summed E-state index contributed by atoms with van der Waals surface area (Å²) in [5, 5.41) is 16.2. The van der Waals surface area contributed by atoms with Gasteiger partial charge in [0.15, 0.2) is 5.01 Å². The van der Waals surface area contributed by atoms with Gasteiger partial charge in [-0.05, 0) is 18.2 Å². The number of piperazine rings is 1. The van der Waals surface area contributed by atoms with Gasteiger partial charge in [0.25, 0.3) is 0 Å². The summed E-state index contributed by atoms with van der Waals surface area (Å²) in [4.78, 5) is 4.33. The first-order valence-corrected chi connectivity index (χ1v) is 11.4. The summed E-state index contributed by atoms with van der Waals surface area (Å²) >= 11 is 7.75. The molecule has 0 amide bonds. The number of para-hydroxylation sites is 1. The van der Waals surface area contributed by atoms with Gasteiger partial charge in [-0.2, -0.15) is 0 Å². The van der Waals surface area contributed by atoms with Crippen LogP contribution in [-0.2, 0) is 10.0 Å². The lowest BCUT2D eigenvalue weighted by atomic mass is 10.2. The molecule has 1 aromatic heterocycles. The lowest BCUT2D eigenvalue weighted by Crippen LogP contribution is -2.47. The van der Waals surface area contributed by atoms with Crippen molar-refractivity contribution in [3.63, 3.8) is 0 Å². The molecule has 0 bridgehead atoms. The minimum absolute atomic E-state index is 0.153. The van der Waals surface area contributed by atoms with Crippen molar-refractivity contribution in [3.8, 4) is 10.6 Å². The maximum Gasteiger partial charge on any atom is 0.240 e. The minimum Gasteiger partial charge on any atom is -0.367 e. The summed E-state index contributed by atoms with van der Waals surface area (Å²) in [5.41, 5.74) is 1.51. The fraction of sp³-hybridized carbons (Fsp3) is 0.222. The first-order chi connectivity index (χ1) is 13.4. The molecule has 0 atom stereocenters. The molecule has 0 unspecified atom stereocenters. The highest BCUT2D eigenvalue weighted by molar-refractivity contribution is 7.89. The molecule has 28 heavy (non-hydrogen) atoms. The summed E-state index contributed by atoms with van der Waals surface area (Å²) in [7, 11) is -3.77. The molecule has 0 spiro atoms. The van der Waals surface area contributed by atoms with Crippen molar-refractivity contribution in [2.45, 2.75) is 4.90 Å². The molecule has 2 N–H and O–H groups in total.